The fourth-order valence-corrected chi connectivity index (χ4v) is 3.99. The number of rotatable bonds is 6. The van der Waals surface area contributed by atoms with E-state index in [1.807, 2.05) is 13.0 Å². The molecule has 0 aliphatic rings. The molecule has 2 aromatic heterocycles. The van der Waals surface area contributed by atoms with Gasteiger partial charge in [-0.05, 0) is 55.0 Å². The van der Waals surface area contributed by atoms with Gasteiger partial charge in [-0.1, -0.05) is 17.3 Å². The van der Waals surface area contributed by atoms with E-state index in [0.717, 1.165) is 35.5 Å². The van der Waals surface area contributed by atoms with Crippen LogP contribution in [0.1, 0.15) is 21.6 Å². The molecule has 0 atom stereocenters. The number of ether oxygens (including phenoxy) is 1. The monoisotopic (exact) mass is 506 g/mol. The third kappa shape index (κ3) is 4.80. The van der Waals surface area contributed by atoms with Gasteiger partial charge in [0.1, 0.15) is 0 Å². The number of esters is 1. The molecule has 35 heavy (non-hydrogen) atoms. The quantitative estimate of drug-likeness (QED) is 0.360. The van der Waals surface area contributed by atoms with E-state index in [4.69, 9.17) is 9.26 Å². The number of hydrogen-bond donors (Lipinski definition) is 0. The molecule has 182 valence electrons. The maximum atomic E-state index is 12.7. The third-order valence-electron chi connectivity index (χ3n) is 5.03. The molecular weight excluding hydrogens is 489 g/mol. The average Bonchev–Trinajstić information content (AvgIpc) is 3.45. The Labute approximate surface area is 197 Å². The lowest BCUT2D eigenvalue weighted by molar-refractivity contribution is -0.0436. The van der Waals surface area contributed by atoms with Gasteiger partial charge in [0.15, 0.2) is 5.69 Å². The summed E-state index contributed by atoms with van der Waals surface area (Å²) in [7, 11) is -4.15. The first-order chi connectivity index (χ1) is 16.5. The van der Waals surface area contributed by atoms with Crippen molar-refractivity contribution in [1.29, 1.82) is 0 Å². The van der Waals surface area contributed by atoms with Crippen molar-refractivity contribution >= 4 is 15.8 Å². The van der Waals surface area contributed by atoms with Crippen LogP contribution >= 0.6 is 0 Å². The zero-order chi connectivity index (χ0) is 25.4. The Kier molecular flexibility index (Phi) is 6.19. The van der Waals surface area contributed by atoms with Crippen molar-refractivity contribution in [2.75, 3.05) is 7.11 Å². The van der Waals surface area contributed by atoms with E-state index in [1.54, 1.807) is 28.9 Å². The molecule has 13 heteroatoms. The van der Waals surface area contributed by atoms with Crippen LogP contribution in [0.2, 0.25) is 0 Å². The summed E-state index contributed by atoms with van der Waals surface area (Å²) in [5.41, 5.74) is -2.79. The molecule has 0 aliphatic heterocycles. The lowest BCUT2D eigenvalue weighted by atomic mass is 10.1. The Balaban J connectivity index is 1.55. The molecule has 0 fully saturated rings. The average molecular weight is 506 g/mol. The van der Waals surface area contributed by atoms with Crippen molar-refractivity contribution in [3.63, 3.8) is 0 Å². The summed E-state index contributed by atoms with van der Waals surface area (Å²) in [6.45, 7) is 2.17. The first-order valence-electron chi connectivity index (χ1n) is 9.97. The fourth-order valence-electron chi connectivity index (χ4n) is 3.22. The minimum absolute atomic E-state index is 0.0499. The SMILES string of the molecule is COC(=O)c1cccc(Cn2nc(-c3nc(-c4ccc(S(=O)(=O)C(F)(F)F)cc4)no3)cc2C)c1. The molecule has 0 aliphatic carbocycles. The number of nitrogens with zero attached hydrogens (tertiary/aromatic N) is 4. The van der Waals surface area contributed by atoms with Gasteiger partial charge in [-0.15, -0.1) is 0 Å². The number of aromatic nitrogens is 4. The predicted molar refractivity (Wildman–Crippen MR) is 116 cm³/mol. The maximum absolute atomic E-state index is 12.7. The Morgan fingerprint density at radius 3 is 2.49 bits per heavy atom. The standard InChI is InChI=1S/C22H17F3N4O5S/c1-13-10-18(27-29(13)12-14-4-3-5-16(11-14)21(30)33-2)20-26-19(28-34-20)15-6-8-17(9-7-15)35(31,32)22(23,24)25/h3-11H,12H2,1-2H3. The van der Waals surface area contributed by atoms with Crippen LogP contribution < -0.4 is 0 Å². The number of methoxy groups -OCH3 is 1. The molecular formula is C22H17F3N4O5S. The maximum Gasteiger partial charge on any atom is 0.501 e. The Hall–Kier alpha value is -4.00. The molecule has 0 spiro atoms. The van der Waals surface area contributed by atoms with Crippen LogP contribution in [0.15, 0.2) is 64.0 Å². The number of carbonyl (C=O) groups excluding carboxylic acids is 1. The summed E-state index contributed by atoms with van der Waals surface area (Å²) in [6.07, 6.45) is 0. The molecule has 9 nitrogen and oxygen atoms in total. The summed E-state index contributed by atoms with van der Waals surface area (Å²) >= 11 is 0. The second-order valence-electron chi connectivity index (χ2n) is 7.42. The highest BCUT2D eigenvalue weighted by Gasteiger charge is 2.46. The number of benzene rings is 2. The summed E-state index contributed by atoms with van der Waals surface area (Å²) in [6, 6.07) is 12.6. The van der Waals surface area contributed by atoms with Crippen LogP contribution in [-0.2, 0) is 21.1 Å². The van der Waals surface area contributed by atoms with E-state index in [1.165, 1.54) is 7.11 Å². The van der Waals surface area contributed by atoms with Crippen LogP contribution in [0.25, 0.3) is 23.0 Å². The van der Waals surface area contributed by atoms with Crippen molar-refractivity contribution in [2.24, 2.45) is 0 Å². The minimum Gasteiger partial charge on any atom is -0.465 e. The molecule has 0 amide bonds. The van der Waals surface area contributed by atoms with Crippen molar-refractivity contribution in [3.05, 3.63) is 71.4 Å². The van der Waals surface area contributed by atoms with Gasteiger partial charge in [0.25, 0.3) is 15.7 Å². The van der Waals surface area contributed by atoms with Gasteiger partial charge in [-0.2, -0.15) is 23.3 Å². The van der Waals surface area contributed by atoms with E-state index in [9.17, 15) is 26.4 Å². The van der Waals surface area contributed by atoms with Crippen LogP contribution in [0.5, 0.6) is 0 Å². The van der Waals surface area contributed by atoms with Crippen LogP contribution in [-0.4, -0.2) is 46.9 Å². The normalized spacial score (nSPS) is 12.0. The van der Waals surface area contributed by atoms with Gasteiger partial charge in [0.2, 0.25) is 5.82 Å². The minimum atomic E-state index is -5.45. The van der Waals surface area contributed by atoms with E-state index < -0.39 is 26.2 Å². The topological polar surface area (TPSA) is 117 Å². The summed E-state index contributed by atoms with van der Waals surface area (Å²) in [5.74, 6) is -0.335. The van der Waals surface area contributed by atoms with Gasteiger partial charge >= 0.3 is 11.5 Å². The second kappa shape index (κ2) is 8.98. The van der Waals surface area contributed by atoms with Crippen LogP contribution in [0.4, 0.5) is 13.2 Å². The highest BCUT2D eigenvalue weighted by atomic mass is 32.2. The predicted octanol–water partition coefficient (Wildman–Crippen LogP) is 4.04. The number of aryl methyl sites for hydroxylation is 1. The molecule has 2 heterocycles. The zero-order valence-corrected chi connectivity index (χ0v) is 19.1. The molecule has 2 aromatic carbocycles. The van der Waals surface area contributed by atoms with Crippen LogP contribution in [0, 0.1) is 6.92 Å². The Morgan fingerprint density at radius 2 is 1.83 bits per heavy atom. The van der Waals surface area contributed by atoms with E-state index in [0.29, 0.717) is 17.8 Å². The van der Waals surface area contributed by atoms with E-state index >= 15 is 0 Å². The summed E-state index contributed by atoms with van der Waals surface area (Å²) in [5, 5.41) is 8.26. The van der Waals surface area contributed by atoms with Gasteiger partial charge in [-0.25, -0.2) is 13.2 Å². The van der Waals surface area contributed by atoms with E-state index in [2.05, 4.69) is 15.2 Å². The van der Waals surface area contributed by atoms with Crippen LogP contribution in [0.3, 0.4) is 0 Å². The fraction of sp³-hybridized carbons (Fsp3) is 0.182. The number of halogens is 3. The van der Waals surface area contributed by atoms with Crippen molar-refractivity contribution in [2.45, 2.75) is 23.9 Å². The number of carbonyl (C=O) groups is 1. The van der Waals surface area contributed by atoms with Gasteiger partial charge in [-0.3, -0.25) is 4.68 Å². The van der Waals surface area contributed by atoms with Crippen molar-refractivity contribution in [1.82, 2.24) is 19.9 Å². The number of alkyl halides is 3. The number of hydrogen-bond acceptors (Lipinski definition) is 8. The molecule has 4 rings (SSSR count). The smallest absolute Gasteiger partial charge is 0.465 e. The highest BCUT2D eigenvalue weighted by Crippen LogP contribution is 2.31. The second-order valence-corrected chi connectivity index (χ2v) is 9.36. The lowest BCUT2D eigenvalue weighted by Crippen LogP contribution is -2.23. The zero-order valence-electron chi connectivity index (χ0n) is 18.3. The van der Waals surface area contributed by atoms with Gasteiger partial charge in [0, 0.05) is 11.3 Å². The van der Waals surface area contributed by atoms with Gasteiger partial charge < -0.3 is 9.26 Å². The molecule has 0 saturated carbocycles. The molecule has 0 saturated heterocycles. The molecule has 0 N–H and O–H groups in total. The van der Waals surface area contributed by atoms with Crippen molar-refractivity contribution < 1.29 is 35.6 Å². The molecule has 0 radical (unpaired) electrons. The first-order valence-corrected chi connectivity index (χ1v) is 11.5. The number of sulfone groups is 1. The summed E-state index contributed by atoms with van der Waals surface area (Å²) in [4.78, 5) is 15.1. The summed E-state index contributed by atoms with van der Waals surface area (Å²) < 4.78 is 72.8. The highest BCUT2D eigenvalue weighted by molar-refractivity contribution is 7.92. The van der Waals surface area contributed by atoms with E-state index in [-0.39, 0.29) is 17.3 Å². The largest absolute Gasteiger partial charge is 0.501 e. The molecule has 4 aromatic rings. The Bertz CT molecular complexity index is 1490. The molecule has 0 bridgehead atoms. The first kappa shape index (κ1) is 24.1. The van der Waals surface area contributed by atoms with Gasteiger partial charge in [0.05, 0.1) is 24.1 Å². The van der Waals surface area contributed by atoms with Crippen molar-refractivity contribution in [3.8, 4) is 23.0 Å². The lowest BCUT2D eigenvalue weighted by Gasteiger charge is -2.07. The molecule has 0 unspecified atom stereocenters. The third-order valence-corrected chi connectivity index (χ3v) is 6.54. The Morgan fingerprint density at radius 1 is 1.11 bits per heavy atom.